The second-order valence-corrected chi connectivity index (χ2v) is 13.9. The van der Waals surface area contributed by atoms with Gasteiger partial charge in [0.05, 0.1) is 11.6 Å². The third-order valence-corrected chi connectivity index (χ3v) is 10.4. The fourth-order valence-corrected chi connectivity index (χ4v) is 7.56. The lowest BCUT2D eigenvalue weighted by Crippen LogP contribution is -2.01. The Balaban J connectivity index is 1.12. The van der Waals surface area contributed by atoms with Crippen LogP contribution in [0.2, 0.25) is 0 Å². The first kappa shape index (κ1) is 33.6. The third kappa shape index (κ3) is 6.42. The second kappa shape index (κ2) is 14.4. The zero-order valence-corrected chi connectivity index (χ0v) is 30.7. The second-order valence-electron chi connectivity index (χ2n) is 13.9. The number of fused-ring (bicyclic) bond motifs is 3. The molecular formula is C52H32N4O. The third-order valence-electron chi connectivity index (χ3n) is 10.4. The van der Waals surface area contributed by atoms with Crippen LogP contribution < -0.4 is 0 Å². The lowest BCUT2D eigenvalue weighted by molar-refractivity contribution is 0.669. The molecule has 0 amide bonds. The van der Waals surface area contributed by atoms with Crippen LogP contribution in [0.4, 0.5) is 0 Å². The van der Waals surface area contributed by atoms with E-state index in [0.717, 1.165) is 72.0 Å². The van der Waals surface area contributed by atoms with Gasteiger partial charge in [-0.1, -0.05) is 146 Å². The van der Waals surface area contributed by atoms with Gasteiger partial charge in [-0.2, -0.15) is 5.26 Å². The summed E-state index contributed by atoms with van der Waals surface area (Å²) in [7, 11) is 0. The molecule has 5 nitrogen and oxygen atoms in total. The topological polar surface area (TPSA) is 75.6 Å². The number of aromatic nitrogens is 3. The number of nitriles is 1. The Labute approximate surface area is 329 Å². The minimum absolute atomic E-state index is 0.548. The molecule has 2 aromatic heterocycles. The lowest BCUT2D eigenvalue weighted by Gasteiger charge is -2.14. The first-order valence-electron chi connectivity index (χ1n) is 18.8. The molecule has 8 aromatic carbocycles. The maximum Gasteiger partial charge on any atom is 0.164 e. The van der Waals surface area contributed by atoms with Crippen molar-refractivity contribution in [3.05, 3.63) is 200 Å². The van der Waals surface area contributed by atoms with E-state index < -0.39 is 0 Å². The molecule has 266 valence electrons. The van der Waals surface area contributed by atoms with Crippen molar-refractivity contribution in [1.82, 2.24) is 15.0 Å². The van der Waals surface area contributed by atoms with Gasteiger partial charge in [0.1, 0.15) is 11.2 Å². The van der Waals surface area contributed by atoms with Gasteiger partial charge in [-0.3, -0.25) is 0 Å². The summed E-state index contributed by atoms with van der Waals surface area (Å²) in [4.78, 5) is 15.3. The van der Waals surface area contributed by atoms with Crippen LogP contribution in [-0.2, 0) is 0 Å². The van der Waals surface area contributed by atoms with Gasteiger partial charge >= 0.3 is 0 Å². The summed E-state index contributed by atoms with van der Waals surface area (Å²) in [6, 6.07) is 68.1. The molecule has 0 saturated carbocycles. The highest BCUT2D eigenvalue weighted by Crippen LogP contribution is 2.40. The van der Waals surface area contributed by atoms with E-state index in [2.05, 4.69) is 109 Å². The van der Waals surface area contributed by atoms with Crippen LogP contribution >= 0.6 is 0 Å². The van der Waals surface area contributed by atoms with Gasteiger partial charge in [0.25, 0.3) is 0 Å². The molecule has 0 aliphatic rings. The summed E-state index contributed by atoms with van der Waals surface area (Å²) in [5, 5.41) is 11.5. The maximum absolute atomic E-state index is 9.37. The van der Waals surface area contributed by atoms with Crippen LogP contribution in [0.25, 0.3) is 101 Å². The number of furan rings is 1. The average molecular weight is 729 g/mol. The van der Waals surface area contributed by atoms with E-state index in [1.165, 1.54) is 11.1 Å². The van der Waals surface area contributed by atoms with Gasteiger partial charge < -0.3 is 4.42 Å². The molecule has 2 heterocycles. The number of rotatable bonds is 7. The van der Waals surface area contributed by atoms with Crippen molar-refractivity contribution in [3.63, 3.8) is 0 Å². The molecule has 0 saturated heterocycles. The summed E-state index contributed by atoms with van der Waals surface area (Å²) >= 11 is 0. The van der Waals surface area contributed by atoms with Crippen molar-refractivity contribution in [3.8, 4) is 84.7 Å². The maximum atomic E-state index is 9.37. The molecule has 0 aliphatic carbocycles. The van der Waals surface area contributed by atoms with Crippen LogP contribution in [0.1, 0.15) is 5.56 Å². The number of nitrogens with zero attached hydrogens (tertiary/aromatic N) is 4. The molecule has 0 aliphatic heterocycles. The molecule has 10 aromatic rings. The number of benzene rings is 8. The molecule has 0 fully saturated rings. The first-order valence-corrected chi connectivity index (χ1v) is 18.8. The normalized spacial score (nSPS) is 11.1. The zero-order chi connectivity index (χ0) is 38.1. The minimum Gasteiger partial charge on any atom is -0.456 e. The Morgan fingerprint density at radius 2 is 0.912 bits per heavy atom. The minimum atomic E-state index is 0.548. The SMILES string of the molecule is N#Cc1ccc(-c2ccc(-c3nc(-c4ccccc4)nc(-c4ccc5c(c4)oc4cccc(-c6cccc(-c7ccccc7)c6)c45)n3)c(-c3ccccc3)c2)cc1. The molecule has 0 atom stereocenters. The number of hydrogen-bond acceptors (Lipinski definition) is 5. The molecule has 5 heteroatoms. The monoisotopic (exact) mass is 728 g/mol. The standard InChI is InChI=1S/C52H32N4O/c53-33-34-22-24-36(25-23-34)40-26-28-44(46(31-40)37-14-6-2-7-15-37)52-55-50(38-16-8-3-9-17-38)54-51(56-52)42-27-29-45-48(32-42)57-47-21-11-20-43(49(45)47)41-19-10-18-39(30-41)35-12-4-1-5-13-35/h1-32H. The Kier molecular flexibility index (Phi) is 8.48. The van der Waals surface area contributed by atoms with Gasteiger partial charge in [-0.15, -0.1) is 0 Å². The van der Waals surface area contributed by atoms with Crippen LogP contribution in [0.5, 0.6) is 0 Å². The van der Waals surface area contributed by atoms with Gasteiger partial charge in [-0.05, 0) is 93.0 Å². The predicted octanol–water partition coefficient (Wildman–Crippen LogP) is 13.3. The summed E-state index contributed by atoms with van der Waals surface area (Å²) in [5.41, 5.74) is 13.5. The van der Waals surface area contributed by atoms with Crippen LogP contribution in [0.15, 0.2) is 199 Å². The molecule has 0 unspecified atom stereocenters. The molecule has 0 radical (unpaired) electrons. The van der Waals surface area contributed by atoms with E-state index in [4.69, 9.17) is 19.4 Å². The molecule has 0 spiro atoms. The Morgan fingerprint density at radius 1 is 0.351 bits per heavy atom. The van der Waals surface area contributed by atoms with Crippen molar-refractivity contribution in [2.45, 2.75) is 0 Å². The molecule has 10 rings (SSSR count). The zero-order valence-electron chi connectivity index (χ0n) is 30.7. The van der Waals surface area contributed by atoms with Crippen LogP contribution in [0, 0.1) is 11.3 Å². The largest absolute Gasteiger partial charge is 0.456 e. The van der Waals surface area contributed by atoms with Crippen molar-refractivity contribution in [2.24, 2.45) is 0 Å². The summed E-state index contributed by atoms with van der Waals surface area (Å²) in [6.07, 6.45) is 0. The number of hydrogen-bond donors (Lipinski definition) is 0. The molecule has 0 bridgehead atoms. The van der Waals surface area contributed by atoms with E-state index in [0.29, 0.717) is 23.0 Å². The van der Waals surface area contributed by atoms with Crippen LogP contribution in [-0.4, -0.2) is 15.0 Å². The van der Waals surface area contributed by atoms with Crippen molar-refractivity contribution in [1.29, 1.82) is 5.26 Å². The van der Waals surface area contributed by atoms with Gasteiger partial charge in [0.15, 0.2) is 17.5 Å². The van der Waals surface area contributed by atoms with Gasteiger partial charge in [-0.25, -0.2) is 15.0 Å². The van der Waals surface area contributed by atoms with E-state index in [-0.39, 0.29) is 0 Å². The molecule has 0 N–H and O–H groups in total. The molecular weight excluding hydrogens is 697 g/mol. The predicted molar refractivity (Wildman–Crippen MR) is 230 cm³/mol. The van der Waals surface area contributed by atoms with Crippen molar-refractivity contribution >= 4 is 21.9 Å². The van der Waals surface area contributed by atoms with Gasteiger partial charge in [0.2, 0.25) is 0 Å². The Morgan fingerprint density at radius 3 is 1.65 bits per heavy atom. The summed E-state index contributed by atoms with van der Waals surface area (Å²) in [5.74, 6) is 1.69. The van der Waals surface area contributed by atoms with E-state index in [1.54, 1.807) is 0 Å². The van der Waals surface area contributed by atoms with Crippen LogP contribution in [0.3, 0.4) is 0 Å². The van der Waals surface area contributed by atoms with Crippen molar-refractivity contribution < 1.29 is 4.42 Å². The lowest BCUT2D eigenvalue weighted by atomic mass is 9.94. The fourth-order valence-electron chi connectivity index (χ4n) is 7.56. The Bertz CT molecular complexity index is 3110. The van der Waals surface area contributed by atoms with E-state index in [9.17, 15) is 5.26 Å². The smallest absolute Gasteiger partial charge is 0.164 e. The summed E-state index contributed by atoms with van der Waals surface area (Å²) < 4.78 is 6.58. The average Bonchev–Trinajstić information content (AvgIpc) is 3.68. The molecule has 57 heavy (non-hydrogen) atoms. The highest BCUT2D eigenvalue weighted by molar-refractivity contribution is 6.13. The quantitative estimate of drug-likeness (QED) is 0.163. The highest BCUT2D eigenvalue weighted by Gasteiger charge is 2.19. The first-order chi connectivity index (χ1) is 28.2. The highest BCUT2D eigenvalue weighted by atomic mass is 16.3. The van der Waals surface area contributed by atoms with E-state index in [1.807, 2.05) is 91.0 Å². The van der Waals surface area contributed by atoms with Crippen molar-refractivity contribution in [2.75, 3.05) is 0 Å². The summed E-state index contributed by atoms with van der Waals surface area (Å²) in [6.45, 7) is 0. The Hall–Kier alpha value is -7.94. The van der Waals surface area contributed by atoms with Gasteiger partial charge in [0, 0.05) is 27.5 Å². The fraction of sp³-hybridized carbons (Fsp3) is 0. The van der Waals surface area contributed by atoms with E-state index >= 15 is 0 Å².